The first-order chi connectivity index (χ1) is 15.2. The van der Waals surface area contributed by atoms with Crippen LogP contribution >= 0.6 is 0 Å². The molecule has 0 bridgehead atoms. The van der Waals surface area contributed by atoms with Gasteiger partial charge in [0, 0.05) is 24.9 Å². The maximum absolute atomic E-state index is 11.5. The molecular formula is C19H24ClN7O6. The van der Waals surface area contributed by atoms with E-state index in [1.54, 1.807) is 29.1 Å². The topological polar surface area (TPSA) is 175 Å². The van der Waals surface area contributed by atoms with E-state index in [0.717, 1.165) is 10.9 Å². The molecule has 13 nitrogen and oxygen atoms in total. The van der Waals surface area contributed by atoms with Crippen LogP contribution in [0.3, 0.4) is 0 Å². The number of imidazole rings is 1. The molecule has 0 saturated carbocycles. The lowest BCUT2D eigenvalue weighted by atomic mass is 10.2. The molecule has 0 aliphatic heterocycles. The highest BCUT2D eigenvalue weighted by molar-refractivity contribution is 5.84. The second-order valence-electron chi connectivity index (χ2n) is 6.98. The highest BCUT2D eigenvalue weighted by Gasteiger charge is 2.26. The van der Waals surface area contributed by atoms with Crippen molar-refractivity contribution in [3.63, 3.8) is 0 Å². The molecule has 0 spiro atoms. The molecule has 1 unspecified atom stereocenters. The van der Waals surface area contributed by atoms with E-state index >= 15 is 0 Å². The van der Waals surface area contributed by atoms with Crippen LogP contribution in [0.1, 0.15) is 26.3 Å². The van der Waals surface area contributed by atoms with Gasteiger partial charge in [-0.2, -0.15) is 9.91 Å². The van der Waals surface area contributed by atoms with Crippen LogP contribution in [0, 0.1) is 5.92 Å². The number of carboxylic acids is 2. The summed E-state index contributed by atoms with van der Waals surface area (Å²) in [5.74, 6) is -1.93. The fraction of sp³-hybridized carbons (Fsp3) is 0.368. The monoisotopic (exact) mass is 481 g/mol. The number of carbonyl (C=O) groups is 3. The van der Waals surface area contributed by atoms with Gasteiger partial charge >= 0.3 is 18.0 Å². The summed E-state index contributed by atoms with van der Waals surface area (Å²) in [5.41, 5.74) is 0. The Kier molecular flexibility index (Phi) is 10.6. The van der Waals surface area contributed by atoms with Crippen LogP contribution in [0.2, 0.25) is 0 Å². The molecule has 2 rings (SSSR count). The molecule has 33 heavy (non-hydrogen) atoms. The highest BCUT2D eigenvalue weighted by Crippen LogP contribution is 2.04. The van der Waals surface area contributed by atoms with Gasteiger partial charge in [0.05, 0.1) is 11.8 Å². The Morgan fingerprint density at radius 3 is 2.27 bits per heavy atom. The number of nitrogens with zero attached hydrogens (tertiary/aromatic N) is 7. The molecule has 0 amide bonds. The minimum Gasteiger partial charge on any atom is -1.00 e. The Labute approximate surface area is 194 Å². The van der Waals surface area contributed by atoms with Gasteiger partial charge in [0.15, 0.2) is 5.84 Å². The van der Waals surface area contributed by atoms with Crippen molar-refractivity contribution in [1.82, 2.24) is 9.13 Å². The number of carboxylic acid groups (broad SMARTS) is 3. The molecule has 0 saturated heterocycles. The fourth-order valence-corrected chi connectivity index (χ4v) is 2.41. The second kappa shape index (κ2) is 12.9. The van der Waals surface area contributed by atoms with E-state index in [9.17, 15) is 19.5 Å². The third-order valence-corrected chi connectivity index (χ3v) is 4.19. The van der Waals surface area contributed by atoms with E-state index in [-0.39, 0.29) is 37.1 Å². The average molecular weight is 482 g/mol. The number of azo groups is 1. The number of rotatable bonds is 9. The van der Waals surface area contributed by atoms with Gasteiger partial charge in [0.1, 0.15) is 18.9 Å². The molecule has 0 aliphatic rings. The second-order valence-corrected chi connectivity index (χ2v) is 6.98. The smallest absolute Gasteiger partial charge is 0.509 e. The molecule has 2 aromatic heterocycles. The van der Waals surface area contributed by atoms with Gasteiger partial charge in [-0.25, -0.2) is 9.36 Å². The van der Waals surface area contributed by atoms with E-state index in [1.807, 2.05) is 13.8 Å². The number of halogens is 1. The maximum Gasteiger partial charge on any atom is 0.509 e. The van der Waals surface area contributed by atoms with Gasteiger partial charge in [-0.05, 0) is 12.1 Å². The first kappa shape index (κ1) is 27.2. The molecule has 1 atom stereocenters. The number of aryl methyl sites for hydroxylation is 1. The zero-order chi connectivity index (χ0) is 23.7. The Bertz CT molecular complexity index is 1090. The zero-order valence-corrected chi connectivity index (χ0v) is 18.6. The minimum atomic E-state index is -1.24. The van der Waals surface area contributed by atoms with E-state index < -0.39 is 24.1 Å². The summed E-state index contributed by atoms with van der Waals surface area (Å²) in [6.45, 7) is 3.76. The van der Waals surface area contributed by atoms with Gasteiger partial charge in [0.25, 0.3) is 6.33 Å². The van der Waals surface area contributed by atoms with E-state index in [2.05, 4.69) is 20.4 Å². The Hall–Kier alpha value is -3.87. The van der Waals surface area contributed by atoms with Gasteiger partial charge in [-0.1, -0.05) is 13.8 Å². The Balaban J connectivity index is 0.00000544. The molecule has 3 N–H and O–H groups in total. The van der Waals surface area contributed by atoms with E-state index in [4.69, 9.17) is 10.2 Å². The first-order valence-corrected chi connectivity index (χ1v) is 9.59. The molecule has 0 fully saturated rings. The van der Waals surface area contributed by atoms with Crippen LogP contribution in [-0.2, 0) is 16.1 Å². The Morgan fingerprint density at radius 2 is 1.76 bits per heavy atom. The highest BCUT2D eigenvalue weighted by atomic mass is 35.5. The fourth-order valence-electron chi connectivity index (χ4n) is 2.41. The molecule has 0 radical (unpaired) electrons. The van der Waals surface area contributed by atoms with Crippen LogP contribution in [0.25, 0.3) is 0 Å². The minimum absolute atomic E-state index is 0. The molecule has 0 aromatic carbocycles. The number of aromatic nitrogens is 3. The van der Waals surface area contributed by atoms with E-state index in [0.29, 0.717) is 11.9 Å². The van der Waals surface area contributed by atoms with Crippen molar-refractivity contribution in [2.45, 2.75) is 32.9 Å². The lowest BCUT2D eigenvalue weighted by molar-refractivity contribution is -0.707. The van der Waals surface area contributed by atoms with Crippen LogP contribution < -0.4 is 22.3 Å². The number of aliphatic carboxylic acids is 2. The van der Waals surface area contributed by atoms with Crippen LogP contribution in [0.4, 0.5) is 4.79 Å². The maximum atomic E-state index is 11.5. The van der Waals surface area contributed by atoms with Crippen molar-refractivity contribution >= 4 is 23.9 Å². The van der Waals surface area contributed by atoms with Crippen molar-refractivity contribution in [2.75, 3.05) is 6.54 Å². The number of hydrogen-bond donors (Lipinski definition) is 3. The zero-order valence-electron chi connectivity index (χ0n) is 17.9. The van der Waals surface area contributed by atoms with E-state index in [1.165, 1.54) is 17.0 Å². The van der Waals surface area contributed by atoms with Gasteiger partial charge in [-0.15, -0.1) is 19.9 Å². The SMILES string of the molecule is CC(C)C(N=NCC(C(=O)O)[n+]1ccn(C(=O)O)c1)=NN=c1ccn(CCC(=O)O)cc1.[Cl-]. The van der Waals surface area contributed by atoms with Crippen molar-refractivity contribution < 1.29 is 46.7 Å². The summed E-state index contributed by atoms with van der Waals surface area (Å²) in [5, 5.41) is 43.7. The van der Waals surface area contributed by atoms with Crippen LogP contribution in [0.15, 0.2) is 63.7 Å². The molecule has 178 valence electrons. The molecule has 14 heteroatoms. The lowest BCUT2D eigenvalue weighted by Gasteiger charge is -2.05. The quantitative estimate of drug-likeness (QED) is 0.125. The summed E-state index contributed by atoms with van der Waals surface area (Å²) in [6, 6.07) is 2.20. The number of pyridine rings is 1. The third kappa shape index (κ3) is 8.65. The number of amidine groups is 1. The summed E-state index contributed by atoms with van der Waals surface area (Å²) >= 11 is 0. The number of hydrogen-bond acceptors (Lipinski definition) is 6. The van der Waals surface area contributed by atoms with Gasteiger partial charge < -0.3 is 32.3 Å². The molecule has 0 aliphatic carbocycles. The predicted molar refractivity (Wildman–Crippen MR) is 109 cm³/mol. The van der Waals surface area contributed by atoms with Crippen molar-refractivity contribution in [2.24, 2.45) is 26.3 Å². The average Bonchev–Trinajstić information content (AvgIpc) is 3.22. The summed E-state index contributed by atoms with van der Waals surface area (Å²) < 4.78 is 3.76. The predicted octanol–water partition coefficient (Wildman–Crippen LogP) is -1.77. The first-order valence-electron chi connectivity index (χ1n) is 9.59. The van der Waals surface area contributed by atoms with Crippen molar-refractivity contribution in [3.05, 3.63) is 48.6 Å². The van der Waals surface area contributed by atoms with Crippen molar-refractivity contribution in [1.29, 1.82) is 0 Å². The van der Waals surface area contributed by atoms with Crippen LogP contribution in [0.5, 0.6) is 0 Å². The van der Waals surface area contributed by atoms with Gasteiger partial charge in [0.2, 0.25) is 6.04 Å². The Morgan fingerprint density at radius 1 is 1.09 bits per heavy atom. The summed E-state index contributed by atoms with van der Waals surface area (Å²) in [7, 11) is 0. The van der Waals surface area contributed by atoms with Crippen molar-refractivity contribution in [3.8, 4) is 0 Å². The normalized spacial score (nSPS) is 12.4. The molecule has 2 heterocycles. The van der Waals surface area contributed by atoms with Gasteiger partial charge in [-0.3, -0.25) is 4.79 Å². The summed E-state index contributed by atoms with van der Waals surface area (Å²) in [6.07, 6.45) is 5.83. The lowest BCUT2D eigenvalue weighted by Crippen LogP contribution is -3.00. The molecular weight excluding hydrogens is 458 g/mol. The largest absolute Gasteiger partial charge is 1.00 e. The standard InChI is InChI=1S/C19H23N7O6.ClH/c1-13(2)17(23-21-14-3-6-24(7-4-14)8-5-16(27)28)22-20-11-15(18(29)30)25-9-10-26(12-25)19(31)32;/h3-4,6-7,9-10,12-13,15H,5,8,11H2,1-2H3,(H2-,27,28,29,30,31,32);1H. The third-order valence-electron chi connectivity index (χ3n) is 4.19. The summed E-state index contributed by atoms with van der Waals surface area (Å²) in [4.78, 5) is 33.1. The molecule has 2 aromatic rings. The van der Waals surface area contributed by atoms with Crippen LogP contribution in [-0.4, -0.2) is 54.9 Å².